The third kappa shape index (κ3) is 4.03. The molecule has 0 aliphatic rings. The van der Waals surface area contributed by atoms with Gasteiger partial charge >= 0.3 is 5.97 Å². The van der Waals surface area contributed by atoms with E-state index in [1.807, 2.05) is 0 Å². The largest absolute Gasteiger partial charge is 0.478 e. The molecule has 0 unspecified atom stereocenters. The maximum Gasteiger partial charge on any atom is 0.337 e. The van der Waals surface area contributed by atoms with E-state index < -0.39 is 5.97 Å². The Morgan fingerprint density at radius 1 is 1.52 bits per heavy atom. The molecule has 2 N–H and O–H groups in total. The predicted molar refractivity (Wildman–Crippen MR) is 90.3 cm³/mol. The van der Waals surface area contributed by atoms with E-state index in [4.69, 9.17) is 9.26 Å². The molecule has 3 heterocycles. The standard InChI is InChI=1S/C15H16BrN5O4/c1-24-8-12-19-13(25-20-12)2-3-17-5-10-6-18-14-11(16)4-9(15(22)23)7-21(10)14/h4,6-7,17H,2-3,5,8H2,1H3,(H,22,23). The molecule has 0 aliphatic heterocycles. The summed E-state index contributed by atoms with van der Waals surface area (Å²) in [5.74, 6) is 0.0670. The van der Waals surface area contributed by atoms with Gasteiger partial charge in [0.2, 0.25) is 5.89 Å². The van der Waals surface area contributed by atoms with Gasteiger partial charge in [0.25, 0.3) is 0 Å². The quantitative estimate of drug-likeness (QED) is 0.539. The van der Waals surface area contributed by atoms with Crippen molar-refractivity contribution in [2.75, 3.05) is 13.7 Å². The minimum absolute atomic E-state index is 0.190. The van der Waals surface area contributed by atoms with Crippen molar-refractivity contribution < 1.29 is 19.2 Å². The minimum atomic E-state index is -0.988. The zero-order valence-corrected chi connectivity index (χ0v) is 15.0. The lowest BCUT2D eigenvalue weighted by Crippen LogP contribution is -2.18. The number of methoxy groups -OCH3 is 1. The van der Waals surface area contributed by atoms with E-state index in [9.17, 15) is 9.90 Å². The fraction of sp³-hybridized carbons (Fsp3) is 0.333. The number of hydrogen-bond donors (Lipinski definition) is 2. The molecule has 0 saturated heterocycles. The number of aromatic carboxylic acids is 1. The molecular weight excluding hydrogens is 394 g/mol. The number of pyridine rings is 1. The Morgan fingerprint density at radius 2 is 2.36 bits per heavy atom. The van der Waals surface area contributed by atoms with E-state index in [1.54, 1.807) is 23.9 Å². The number of imidazole rings is 1. The first-order valence-corrected chi connectivity index (χ1v) is 8.27. The maximum absolute atomic E-state index is 11.2. The first-order chi connectivity index (χ1) is 12.1. The van der Waals surface area contributed by atoms with Crippen molar-refractivity contribution in [2.24, 2.45) is 0 Å². The molecule has 0 atom stereocenters. The van der Waals surface area contributed by atoms with Gasteiger partial charge in [0, 0.05) is 32.8 Å². The first kappa shape index (κ1) is 17.5. The van der Waals surface area contributed by atoms with Crippen molar-refractivity contribution in [3.8, 4) is 0 Å². The highest BCUT2D eigenvalue weighted by Crippen LogP contribution is 2.20. The number of halogens is 1. The molecule has 3 rings (SSSR count). The Hall–Kier alpha value is -2.30. The summed E-state index contributed by atoms with van der Waals surface area (Å²) in [6.07, 6.45) is 3.85. The minimum Gasteiger partial charge on any atom is -0.478 e. The summed E-state index contributed by atoms with van der Waals surface area (Å²) < 4.78 is 12.4. The van der Waals surface area contributed by atoms with Crippen LogP contribution in [0.4, 0.5) is 0 Å². The second-order valence-corrected chi connectivity index (χ2v) is 6.14. The summed E-state index contributed by atoms with van der Waals surface area (Å²) in [7, 11) is 1.57. The number of nitrogens with zero attached hydrogens (tertiary/aromatic N) is 4. The number of ether oxygens (including phenoxy) is 1. The molecule has 0 bridgehead atoms. The smallest absolute Gasteiger partial charge is 0.337 e. The zero-order chi connectivity index (χ0) is 17.8. The van der Waals surface area contributed by atoms with Gasteiger partial charge in [0.15, 0.2) is 11.5 Å². The van der Waals surface area contributed by atoms with Crippen LogP contribution in [0.25, 0.3) is 5.65 Å². The third-order valence-electron chi connectivity index (χ3n) is 3.49. The van der Waals surface area contributed by atoms with Crippen molar-refractivity contribution in [1.29, 1.82) is 0 Å². The van der Waals surface area contributed by atoms with Gasteiger partial charge in [-0.2, -0.15) is 4.98 Å². The Bertz CT molecular complexity index is 891. The van der Waals surface area contributed by atoms with Crippen molar-refractivity contribution >= 4 is 27.5 Å². The number of nitrogens with one attached hydrogen (secondary N) is 1. The van der Waals surface area contributed by atoms with Gasteiger partial charge in [0.05, 0.1) is 21.9 Å². The molecule has 25 heavy (non-hydrogen) atoms. The van der Waals surface area contributed by atoms with Crippen LogP contribution in [-0.2, 0) is 24.3 Å². The molecule has 0 fully saturated rings. The van der Waals surface area contributed by atoms with Crippen molar-refractivity contribution in [3.05, 3.63) is 45.9 Å². The molecule has 0 aliphatic carbocycles. The number of carboxylic acids is 1. The summed E-state index contributed by atoms with van der Waals surface area (Å²) in [5, 5.41) is 16.2. The Morgan fingerprint density at radius 3 is 3.12 bits per heavy atom. The second kappa shape index (κ2) is 7.72. The number of carbonyl (C=O) groups is 1. The van der Waals surface area contributed by atoms with Crippen molar-refractivity contribution in [2.45, 2.75) is 19.6 Å². The van der Waals surface area contributed by atoms with Gasteiger partial charge in [-0.15, -0.1) is 0 Å². The van der Waals surface area contributed by atoms with Crippen molar-refractivity contribution in [1.82, 2.24) is 24.8 Å². The zero-order valence-electron chi connectivity index (χ0n) is 13.4. The van der Waals surface area contributed by atoms with E-state index >= 15 is 0 Å². The van der Waals surface area contributed by atoms with Gasteiger partial charge in [-0.25, -0.2) is 9.78 Å². The van der Waals surface area contributed by atoms with Gasteiger partial charge in [-0.1, -0.05) is 5.16 Å². The monoisotopic (exact) mass is 409 g/mol. The second-order valence-electron chi connectivity index (χ2n) is 5.29. The number of rotatable bonds is 8. The first-order valence-electron chi connectivity index (χ1n) is 7.48. The molecule has 10 heteroatoms. The van der Waals surface area contributed by atoms with Crippen LogP contribution in [0.5, 0.6) is 0 Å². The van der Waals surface area contributed by atoms with Crippen LogP contribution < -0.4 is 5.32 Å². The lowest BCUT2D eigenvalue weighted by molar-refractivity contribution is 0.0696. The van der Waals surface area contributed by atoms with Crippen molar-refractivity contribution in [3.63, 3.8) is 0 Å². The topological polar surface area (TPSA) is 115 Å². The maximum atomic E-state index is 11.2. The van der Waals surface area contributed by atoms with Crippen LogP contribution in [0.1, 0.15) is 27.8 Å². The fourth-order valence-corrected chi connectivity index (χ4v) is 2.87. The Labute approximate surface area is 151 Å². The summed E-state index contributed by atoms with van der Waals surface area (Å²) in [4.78, 5) is 19.7. The molecule has 3 aromatic rings. The van der Waals surface area contributed by atoms with Crippen LogP contribution >= 0.6 is 15.9 Å². The van der Waals surface area contributed by atoms with Crippen LogP contribution in [0.15, 0.2) is 27.5 Å². The Kier molecular flexibility index (Phi) is 5.41. The molecule has 0 amide bonds. The van der Waals surface area contributed by atoms with Gasteiger partial charge in [0.1, 0.15) is 6.61 Å². The highest BCUT2D eigenvalue weighted by Gasteiger charge is 2.12. The molecule has 0 saturated carbocycles. The molecule has 0 spiro atoms. The third-order valence-corrected chi connectivity index (χ3v) is 4.07. The van der Waals surface area contributed by atoms with Crippen LogP contribution in [0.3, 0.4) is 0 Å². The van der Waals surface area contributed by atoms with Crippen LogP contribution in [0, 0.1) is 0 Å². The van der Waals surface area contributed by atoms with Gasteiger partial charge < -0.3 is 24.1 Å². The summed E-state index contributed by atoms with van der Waals surface area (Å²) in [6, 6.07) is 1.54. The normalized spacial score (nSPS) is 11.3. The van der Waals surface area contributed by atoms with Gasteiger partial charge in [-0.3, -0.25) is 0 Å². The number of aromatic nitrogens is 4. The number of carboxylic acid groups (broad SMARTS) is 1. The highest BCUT2D eigenvalue weighted by molar-refractivity contribution is 9.10. The summed E-state index contributed by atoms with van der Waals surface area (Å²) in [5.41, 5.74) is 1.71. The van der Waals surface area contributed by atoms with E-state index in [-0.39, 0.29) is 5.56 Å². The Balaban J connectivity index is 1.62. The van der Waals surface area contributed by atoms with E-state index in [2.05, 4.69) is 36.4 Å². The fourth-order valence-electron chi connectivity index (χ4n) is 2.33. The average molecular weight is 410 g/mol. The molecule has 0 radical (unpaired) electrons. The molecule has 3 aromatic heterocycles. The molecular formula is C15H16BrN5O4. The van der Waals surface area contributed by atoms with Gasteiger partial charge in [-0.05, 0) is 22.0 Å². The molecule has 0 aromatic carbocycles. The van der Waals surface area contributed by atoms with Crippen LogP contribution in [0.2, 0.25) is 0 Å². The number of hydrogen-bond acceptors (Lipinski definition) is 7. The van der Waals surface area contributed by atoms with E-state index in [0.717, 1.165) is 5.69 Å². The van der Waals surface area contributed by atoms with E-state index in [1.165, 1.54) is 6.07 Å². The summed E-state index contributed by atoms with van der Waals surface area (Å²) in [6.45, 7) is 1.47. The predicted octanol–water partition coefficient (Wildman–Crippen LogP) is 1.66. The number of fused-ring (bicyclic) bond motifs is 1. The molecule has 132 valence electrons. The SMILES string of the molecule is COCc1noc(CCNCc2cnc3c(Br)cc(C(=O)O)cn23)n1. The lowest BCUT2D eigenvalue weighted by Gasteiger charge is -2.05. The molecule has 9 nitrogen and oxygen atoms in total. The highest BCUT2D eigenvalue weighted by atomic mass is 79.9. The average Bonchev–Trinajstić information content (AvgIpc) is 3.19. The lowest BCUT2D eigenvalue weighted by atomic mass is 10.3. The van der Waals surface area contributed by atoms with Crippen LogP contribution in [-0.4, -0.2) is 44.3 Å². The van der Waals surface area contributed by atoms with E-state index in [0.29, 0.717) is 48.0 Å². The summed E-state index contributed by atoms with van der Waals surface area (Å²) >= 11 is 3.35.